The number of nitrogens with zero attached hydrogens (tertiary/aromatic N) is 4. The van der Waals surface area contributed by atoms with Gasteiger partial charge in [0, 0.05) is 17.4 Å². The summed E-state index contributed by atoms with van der Waals surface area (Å²) in [5.74, 6) is 2.06. The molecule has 0 radical (unpaired) electrons. The van der Waals surface area contributed by atoms with Crippen LogP contribution < -0.4 is 14.8 Å². The number of carbonyl (C=O) groups excluding carboxylic acids is 1. The normalized spacial score (nSPS) is 11.6. The fourth-order valence-corrected chi connectivity index (χ4v) is 2.97. The standard InChI is InChI=1S/C24H23N5O3/c1-16-17(2)29(15-27-16)22-13-23(26-14-25-22)32-21-11-9-19(10-12-21)28-24(30)18(3)31-20-7-5-4-6-8-20/h4-15,18H,1-3H3,(H,28,30). The van der Waals surface area contributed by atoms with Crippen LogP contribution in [0.4, 0.5) is 5.69 Å². The van der Waals surface area contributed by atoms with E-state index in [-0.39, 0.29) is 5.91 Å². The van der Waals surface area contributed by atoms with Gasteiger partial charge in [0.05, 0.1) is 5.69 Å². The summed E-state index contributed by atoms with van der Waals surface area (Å²) < 4.78 is 13.4. The monoisotopic (exact) mass is 429 g/mol. The number of para-hydroxylation sites is 1. The van der Waals surface area contributed by atoms with E-state index in [9.17, 15) is 4.79 Å². The number of nitrogens with one attached hydrogen (secondary N) is 1. The zero-order valence-corrected chi connectivity index (χ0v) is 18.0. The molecule has 2 aromatic carbocycles. The second-order valence-corrected chi connectivity index (χ2v) is 7.19. The van der Waals surface area contributed by atoms with Gasteiger partial charge >= 0.3 is 0 Å². The van der Waals surface area contributed by atoms with E-state index in [0.717, 1.165) is 11.4 Å². The third kappa shape index (κ3) is 4.92. The summed E-state index contributed by atoms with van der Waals surface area (Å²) in [7, 11) is 0. The molecule has 0 aliphatic heterocycles. The SMILES string of the molecule is Cc1ncn(-c2cc(Oc3ccc(NC(=O)C(C)Oc4ccccc4)cc3)ncn2)c1C. The topological polar surface area (TPSA) is 91.2 Å². The van der Waals surface area contributed by atoms with Crippen LogP contribution in [0.3, 0.4) is 0 Å². The van der Waals surface area contributed by atoms with Crippen LogP contribution in [-0.4, -0.2) is 31.5 Å². The predicted molar refractivity (Wildman–Crippen MR) is 120 cm³/mol. The number of rotatable bonds is 7. The molecule has 1 amide bonds. The largest absolute Gasteiger partial charge is 0.481 e. The van der Waals surface area contributed by atoms with Gasteiger partial charge in [-0.15, -0.1) is 0 Å². The minimum atomic E-state index is -0.636. The zero-order valence-electron chi connectivity index (χ0n) is 18.0. The molecule has 4 aromatic rings. The van der Waals surface area contributed by atoms with Crippen molar-refractivity contribution in [1.82, 2.24) is 19.5 Å². The smallest absolute Gasteiger partial charge is 0.265 e. The van der Waals surface area contributed by atoms with Gasteiger partial charge in [0.15, 0.2) is 6.10 Å². The van der Waals surface area contributed by atoms with Gasteiger partial charge in [0.1, 0.15) is 30.0 Å². The summed E-state index contributed by atoms with van der Waals surface area (Å²) in [6.07, 6.45) is 2.53. The average molecular weight is 429 g/mol. The van der Waals surface area contributed by atoms with Gasteiger partial charge in [-0.1, -0.05) is 18.2 Å². The summed E-state index contributed by atoms with van der Waals surface area (Å²) in [6, 6.07) is 18.0. The fourth-order valence-electron chi connectivity index (χ4n) is 2.97. The Hall–Kier alpha value is -4.20. The maximum atomic E-state index is 12.4. The number of anilines is 1. The van der Waals surface area contributed by atoms with Crippen LogP contribution in [0.2, 0.25) is 0 Å². The minimum absolute atomic E-state index is 0.242. The molecule has 0 saturated heterocycles. The van der Waals surface area contributed by atoms with E-state index in [4.69, 9.17) is 9.47 Å². The van der Waals surface area contributed by atoms with Gasteiger partial charge < -0.3 is 14.8 Å². The van der Waals surface area contributed by atoms with Crippen LogP contribution in [-0.2, 0) is 4.79 Å². The van der Waals surface area contributed by atoms with Crippen molar-refractivity contribution in [2.24, 2.45) is 0 Å². The summed E-state index contributed by atoms with van der Waals surface area (Å²) in [4.78, 5) is 25.2. The summed E-state index contributed by atoms with van der Waals surface area (Å²) in [5.41, 5.74) is 2.58. The van der Waals surface area contributed by atoms with Crippen LogP contribution in [0.5, 0.6) is 17.4 Å². The first-order chi connectivity index (χ1) is 15.5. The lowest BCUT2D eigenvalue weighted by Gasteiger charge is -2.15. The second-order valence-electron chi connectivity index (χ2n) is 7.19. The van der Waals surface area contributed by atoms with E-state index in [2.05, 4.69) is 20.3 Å². The highest BCUT2D eigenvalue weighted by Gasteiger charge is 2.15. The molecule has 1 unspecified atom stereocenters. The number of hydrogen-bond acceptors (Lipinski definition) is 6. The predicted octanol–water partition coefficient (Wildman–Crippen LogP) is 4.48. The highest BCUT2D eigenvalue weighted by Crippen LogP contribution is 2.23. The number of aromatic nitrogens is 4. The molecule has 0 bridgehead atoms. The van der Waals surface area contributed by atoms with Crippen molar-refractivity contribution in [3.8, 4) is 23.2 Å². The van der Waals surface area contributed by atoms with Gasteiger partial charge in [-0.25, -0.2) is 15.0 Å². The van der Waals surface area contributed by atoms with Crippen LogP contribution in [0.25, 0.3) is 5.82 Å². The van der Waals surface area contributed by atoms with Crippen LogP contribution >= 0.6 is 0 Å². The average Bonchev–Trinajstić information content (AvgIpc) is 3.14. The first-order valence-electron chi connectivity index (χ1n) is 10.1. The van der Waals surface area contributed by atoms with Crippen molar-refractivity contribution in [3.05, 3.63) is 84.7 Å². The molecule has 0 saturated carbocycles. The van der Waals surface area contributed by atoms with Gasteiger partial charge in [0.25, 0.3) is 5.91 Å². The lowest BCUT2D eigenvalue weighted by atomic mass is 10.2. The van der Waals surface area contributed by atoms with E-state index in [1.165, 1.54) is 6.33 Å². The Morgan fingerprint density at radius 1 is 0.969 bits per heavy atom. The lowest BCUT2D eigenvalue weighted by Crippen LogP contribution is -2.30. The molecular weight excluding hydrogens is 406 g/mol. The first-order valence-corrected chi connectivity index (χ1v) is 10.1. The third-order valence-corrected chi connectivity index (χ3v) is 4.90. The summed E-state index contributed by atoms with van der Waals surface area (Å²) >= 11 is 0. The fraction of sp³-hybridized carbons (Fsp3) is 0.167. The van der Waals surface area contributed by atoms with Crippen molar-refractivity contribution >= 4 is 11.6 Å². The van der Waals surface area contributed by atoms with Gasteiger partial charge in [-0.2, -0.15) is 0 Å². The van der Waals surface area contributed by atoms with Gasteiger partial charge in [-0.3, -0.25) is 9.36 Å². The Labute approximate surface area is 185 Å². The molecule has 1 atom stereocenters. The quantitative estimate of drug-likeness (QED) is 0.466. The molecule has 8 nitrogen and oxygen atoms in total. The molecule has 162 valence electrons. The van der Waals surface area contributed by atoms with Gasteiger partial charge in [-0.05, 0) is 57.2 Å². The minimum Gasteiger partial charge on any atom is -0.481 e. The van der Waals surface area contributed by atoms with E-state index in [0.29, 0.717) is 28.9 Å². The van der Waals surface area contributed by atoms with Crippen molar-refractivity contribution < 1.29 is 14.3 Å². The molecule has 1 N–H and O–H groups in total. The van der Waals surface area contributed by atoms with Crippen molar-refractivity contribution in [1.29, 1.82) is 0 Å². The van der Waals surface area contributed by atoms with Crippen LogP contribution in [0.15, 0.2) is 73.3 Å². The highest BCUT2D eigenvalue weighted by atomic mass is 16.5. The van der Waals surface area contributed by atoms with Crippen LogP contribution in [0.1, 0.15) is 18.3 Å². The molecule has 2 heterocycles. The van der Waals surface area contributed by atoms with E-state index >= 15 is 0 Å². The number of hydrogen-bond donors (Lipinski definition) is 1. The first kappa shape index (κ1) is 21.0. The zero-order chi connectivity index (χ0) is 22.5. The number of benzene rings is 2. The number of amides is 1. The Morgan fingerprint density at radius 2 is 1.72 bits per heavy atom. The molecule has 0 fully saturated rings. The third-order valence-electron chi connectivity index (χ3n) is 4.90. The molecule has 2 aromatic heterocycles. The number of imidazole rings is 1. The molecule has 32 heavy (non-hydrogen) atoms. The van der Waals surface area contributed by atoms with E-state index in [1.807, 2.05) is 48.7 Å². The Balaban J connectivity index is 1.38. The number of ether oxygens (including phenoxy) is 2. The van der Waals surface area contributed by atoms with Crippen molar-refractivity contribution in [3.63, 3.8) is 0 Å². The maximum absolute atomic E-state index is 12.4. The van der Waals surface area contributed by atoms with E-state index in [1.54, 1.807) is 43.6 Å². The highest BCUT2D eigenvalue weighted by molar-refractivity contribution is 5.94. The van der Waals surface area contributed by atoms with Crippen molar-refractivity contribution in [2.75, 3.05) is 5.32 Å². The van der Waals surface area contributed by atoms with Gasteiger partial charge in [0.2, 0.25) is 5.88 Å². The maximum Gasteiger partial charge on any atom is 0.265 e. The molecule has 0 aliphatic carbocycles. The molecule has 8 heteroatoms. The van der Waals surface area contributed by atoms with Crippen LogP contribution in [0, 0.1) is 13.8 Å². The Kier molecular flexibility index (Phi) is 6.12. The van der Waals surface area contributed by atoms with Crippen molar-refractivity contribution in [2.45, 2.75) is 26.9 Å². The Morgan fingerprint density at radius 3 is 2.41 bits per heavy atom. The van der Waals surface area contributed by atoms with E-state index < -0.39 is 6.10 Å². The Bertz CT molecular complexity index is 1210. The molecule has 0 aliphatic rings. The summed E-state index contributed by atoms with van der Waals surface area (Å²) in [5, 5.41) is 2.84. The lowest BCUT2D eigenvalue weighted by molar-refractivity contribution is -0.122. The molecule has 0 spiro atoms. The second kappa shape index (κ2) is 9.30. The number of carbonyl (C=O) groups is 1. The number of aryl methyl sites for hydroxylation is 1. The summed E-state index contributed by atoms with van der Waals surface area (Å²) in [6.45, 7) is 5.62. The molecule has 4 rings (SSSR count). The molecular formula is C24H23N5O3.